The first-order valence-corrected chi connectivity index (χ1v) is 7.27. The molecule has 0 radical (unpaired) electrons. The molecule has 1 heterocycles. The van der Waals surface area contributed by atoms with Gasteiger partial charge in [0, 0.05) is 22.9 Å². The largest absolute Gasteiger partial charge is 0.508 e. The molecule has 0 atom stereocenters. The normalized spacial score (nSPS) is 10.8. The Labute approximate surface area is 129 Å². The van der Waals surface area contributed by atoms with Crippen molar-refractivity contribution in [2.75, 3.05) is 0 Å². The molecule has 0 spiro atoms. The van der Waals surface area contributed by atoms with Crippen LogP contribution in [0.15, 0.2) is 42.5 Å². The summed E-state index contributed by atoms with van der Waals surface area (Å²) < 4.78 is 0. The van der Waals surface area contributed by atoms with Gasteiger partial charge in [-0.2, -0.15) is 5.10 Å². The molecule has 0 unspecified atom stereocenters. The van der Waals surface area contributed by atoms with Crippen molar-refractivity contribution < 1.29 is 10.2 Å². The molecule has 4 heteroatoms. The molecular formula is C18H18N2O2. The Morgan fingerprint density at radius 1 is 1.05 bits per heavy atom. The van der Waals surface area contributed by atoms with Crippen molar-refractivity contribution in [3.05, 3.63) is 53.7 Å². The number of phenols is 2. The Morgan fingerprint density at radius 2 is 1.77 bits per heavy atom. The van der Waals surface area contributed by atoms with Gasteiger partial charge in [-0.15, -0.1) is 0 Å². The molecule has 0 saturated carbocycles. The van der Waals surface area contributed by atoms with Gasteiger partial charge in [0.25, 0.3) is 0 Å². The molecular weight excluding hydrogens is 276 g/mol. The number of aromatic hydroxyl groups is 2. The quantitative estimate of drug-likeness (QED) is 0.683. The molecule has 112 valence electrons. The second kappa shape index (κ2) is 5.56. The predicted molar refractivity (Wildman–Crippen MR) is 86.9 cm³/mol. The van der Waals surface area contributed by atoms with Crippen LogP contribution < -0.4 is 0 Å². The van der Waals surface area contributed by atoms with Gasteiger partial charge >= 0.3 is 0 Å². The fraction of sp³-hybridized carbons (Fsp3) is 0.167. The fourth-order valence-corrected chi connectivity index (χ4v) is 2.68. The molecule has 3 rings (SSSR count). The third-order valence-electron chi connectivity index (χ3n) is 3.84. The lowest BCUT2D eigenvalue weighted by atomic mass is 9.97. The molecule has 0 amide bonds. The highest BCUT2D eigenvalue weighted by Gasteiger charge is 2.18. The van der Waals surface area contributed by atoms with E-state index in [2.05, 4.69) is 10.2 Å². The van der Waals surface area contributed by atoms with Crippen molar-refractivity contribution in [3.8, 4) is 33.9 Å². The minimum Gasteiger partial charge on any atom is -0.508 e. The van der Waals surface area contributed by atoms with E-state index in [1.165, 1.54) is 6.07 Å². The summed E-state index contributed by atoms with van der Waals surface area (Å²) in [7, 11) is 0. The Bertz CT molecular complexity index is 807. The van der Waals surface area contributed by atoms with Crippen molar-refractivity contribution in [1.82, 2.24) is 10.2 Å². The van der Waals surface area contributed by atoms with Crippen LogP contribution >= 0.6 is 0 Å². The maximum atomic E-state index is 10.2. The summed E-state index contributed by atoms with van der Waals surface area (Å²) in [5.74, 6) is 0.135. The average molecular weight is 294 g/mol. The summed E-state index contributed by atoms with van der Waals surface area (Å²) in [6, 6.07) is 13.1. The zero-order valence-corrected chi connectivity index (χ0v) is 12.6. The zero-order chi connectivity index (χ0) is 15.7. The standard InChI is InChI=1S/C18H18N2O2/c1-3-12-9-14(16(22)10-15(12)21)18-17(11(2)19-20-18)13-7-5-4-6-8-13/h4-10,21-22H,3H2,1-2H3,(H,19,20). The molecule has 0 saturated heterocycles. The molecule has 3 N–H and O–H groups in total. The molecule has 0 aliphatic heterocycles. The molecule has 3 aromatic rings. The number of aromatic nitrogens is 2. The minimum absolute atomic E-state index is 0.0263. The first-order chi connectivity index (χ1) is 10.6. The number of hydrogen-bond acceptors (Lipinski definition) is 3. The first kappa shape index (κ1) is 14.2. The van der Waals surface area contributed by atoms with Crippen molar-refractivity contribution in [3.63, 3.8) is 0 Å². The highest BCUT2D eigenvalue weighted by atomic mass is 16.3. The predicted octanol–water partition coefficient (Wildman–Crippen LogP) is 4.03. The number of nitrogens with one attached hydrogen (secondary N) is 1. The van der Waals surface area contributed by atoms with E-state index in [9.17, 15) is 10.2 Å². The summed E-state index contributed by atoms with van der Waals surface area (Å²) in [6.07, 6.45) is 0.684. The molecule has 22 heavy (non-hydrogen) atoms. The van der Waals surface area contributed by atoms with Gasteiger partial charge in [0.15, 0.2) is 0 Å². The maximum absolute atomic E-state index is 10.2. The molecule has 0 fully saturated rings. The topological polar surface area (TPSA) is 69.1 Å². The summed E-state index contributed by atoms with van der Waals surface area (Å²) in [4.78, 5) is 0. The minimum atomic E-state index is 0.0263. The molecule has 1 aromatic heterocycles. The van der Waals surface area contributed by atoms with Crippen LogP contribution in [0.1, 0.15) is 18.2 Å². The van der Waals surface area contributed by atoms with Gasteiger partial charge in [-0.05, 0) is 30.5 Å². The van der Waals surface area contributed by atoms with Crippen LogP contribution in [0.5, 0.6) is 11.5 Å². The SMILES string of the molecule is CCc1cc(-c2n[nH]c(C)c2-c2ccccc2)c(O)cc1O. The van der Waals surface area contributed by atoms with Crippen LogP contribution in [0.25, 0.3) is 22.4 Å². The van der Waals surface area contributed by atoms with Gasteiger partial charge in [0.2, 0.25) is 0 Å². The number of H-pyrrole nitrogens is 1. The Kier molecular flexibility index (Phi) is 3.59. The van der Waals surface area contributed by atoms with E-state index in [0.29, 0.717) is 17.7 Å². The van der Waals surface area contributed by atoms with E-state index < -0.39 is 0 Å². The van der Waals surface area contributed by atoms with Crippen molar-refractivity contribution >= 4 is 0 Å². The Morgan fingerprint density at radius 3 is 2.45 bits per heavy atom. The lowest BCUT2D eigenvalue weighted by Crippen LogP contribution is -1.89. The number of aromatic amines is 1. The highest BCUT2D eigenvalue weighted by molar-refractivity contribution is 5.85. The average Bonchev–Trinajstić information content (AvgIpc) is 2.90. The number of hydrogen-bond donors (Lipinski definition) is 3. The number of aryl methyl sites for hydroxylation is 2. The lowest BCUT2D eigenvalue weighted by Gasteiger charge is -2.09. The van der Waals surface area contributed by atoms with Crippen LogP contribution in [0, 0.1) is 6.92 Å². The monoisotopic (exact) mass is 294 g/mol. The molecule has 0 aliphatic rings. The van der Waals surface area contributed by atoms with E-state index in [-0.39, 0.29) is 11.5 Å². The summed E-state index contributed by atoms with van der Waals surface area (Å²) >= 11 is 0. The first-order valence-electron chi connectivity index (χ1n) is 7.27. The second-order valence-electron chi connectivity index (χ2n) is 5.29. The summed E-state index contributed by atoms with van der Waals surface area (Å²) in [5.41, 5.74) is 5.03. The second-order valence-corrected chi connectivity index (χ2v) is 5.29. The number of nitrogens with zero attached hydrogens (tertiary/aromatic N) is 1. The third-order valence-corrected chi connectivity index (χ3v) is 3.84. The van der Waals surface area contributed by atoms with Crippen molar-refractivity contribution in [1.29, 1.82) is 0 Å². The molecule has 4 nitrogen and oxygen atoms in total. The number of benzene rings is 2. The fourth-order valence-electron chi connectivity index (χ4n) is 2.68. The van der Waals surface area contributed by atoms with Crippen LogP contribution in [0.3, 0.4) is 0 Å². The van der Waals surface area contributed by atoms with E-state index in [0.717, 1.165) is 22.4 Å². The Hall–Kier alpha value is -2.75. The van der Waals surface area contributed by atoms with Crippen LogP contribution in [0.2, 0.25) is 0 Å². The Balaban J connectivity index is 2.23. The smallest absolute Gasteiger partial charge is 0.128 e. The van der Waals surface area contributed by atoms with E-state index in [1.807, 2.05) is 44.2 Å². The van der Waals surface area contributed by atoms with Crippen molar-refractivity contribution in [2.24, 2.45) is 0 Å². The van der Waals surface area contributed by atoms with Gasteiger partial charge in [-0.1, -0.05) is 37.3 Å². The van der Waals surface area contributed by atoms with Crippen LogP contribution in [0.4, 0.5) is 0 Å². The van der Waals surface area contributed by atoms with Crippen LogP contribution in [-0.4, -0.2) is 20.4 Å². The highest BCUT2D eigenvalue weighted by Crippen LogP contribution is 2.39. The van der Waals surface area contributed by atoms with Gasteiger partial charge < -0.3 is 10.2 Å². The lowest BCUT2D eigenvalue weighted by molar-refractivity contribution is 0.447. The van der Waals surface area contributed by atoms with E-state index in [4.69, 9.17) is 0 Å². The van der Waals surface area contributed by atoms with Gasteiger partial charge in [-0.25, -0.2) is 0 Å². The van der Waals surface area contributed by atoms with Crippen LogP contribution in [-0.2, 0) is 6.42 Å². The number of phenolic OH excluding ortho intramolecular Hbond substituents is 2. The summed E-state index contributed by atoms with van der Waals surface area (Å²) in [5, 5.41) is 27.4. The van der Waals surface area contributed by atoms with Gasteiger partial charge in [-0.3, -0.25) is 5.10 Å². The van der Waals surface area contributed by atoms with Gasteiger partial charge in [0.05, 0.1) is 0 Å². The molecule has 2 aromatic carbocycles. The third kappa shape index (κ3) is 2.33. The molecule has 0 aliphatic carbocycles. The van der Waals surface area contributed by atoms with E-state index >= 15 is 0 Å². The summed E-state index contributed by atoms with van der Waals surface area (Å²) in [6.45, 7) is 3.92. The van der Waals surface area contributed by atoms with Gasteiger partial charge in [0.1, 0.15) is 17.2 Å². The maximum Gasteiger partial charge on any atom is 0.128 e. The van der Waals surface area contributed by atoms with Crippen molar-refractivity contribution in [2.45, 2.75) is 20.3 Å². The zero-order valence-electron chi connectivity index (χ0n) is 12.6. The number of rotatable bonds is 3. The van der Waals surface area contributed by atoms with E-state index in [1.54, 1.807) is 6.07 Å². The molecule has 0 bridgehead atoms.